The van der Waals surface area contributed by atoms with Crippen LogP contribution in [0.1, 0.15) is 16.2 Å². The van der Waals surface area contributed by atoms with Crippen molar-refractivity contribution in [1.29, 1.82) is 0 Å². The fourth-order valence-corrected chi connectivity index (χ4v) is 3.10. The molecule has 4 heterocycles. The van der Waals surface area contributed by atoms with Crippen LogP contribution in [0.4, 0.5) is 10.1 Å². The van der Waals surface area contributed by atoms with Gasteiger partial charge in [0, 0.05) is 23.5 Å². The maximum Gasteiger partial charge on any atom is 0.274 e. The topological polar surface area (TPSA) is 114 Å². The Morgan fingerprint density at radius 1 is 1.13 bits per heavy atom. The number of nitrogens with zero attached hydrogens (tertiary/aromatic N) is 6. The molecule has 5 aromatic rings. The number of nitrogens with one attached hydrogen (secondary N) is 2. The van der Waals surface area contributed by atoms with Gasteiger partial charge in [-0.05, 0) is 13.0 Å². The van der Waals surface area contributed by atoms with Crippen molar-refractivity contribution < 1.29 is 9.18 Å². The Kier molecular flexibility index (Phi) is 4.43. The molecular formula is C21H15FN8O. The number of hydrogen-bond donors (Lipinski definition) is 2. The van der Waals surface area contributed by atoms with E-state index < -0.39 is 11.7 Å². The van der Waals surface area contributed by atoms with Crippen LogP contribution < -0.4 is 5.32 Å². The Bertz CT molecular complexity index is 1410. The lowest BCUT2D eigenvalue weighted by Crippen LogP contribution is -2.15. The van der Waals surface area contributed by atoms with E-state index in [9.17, 15) is 9.18 Å². The number of carbonyl (C=O) groups is 1. The molecule has 0 bridgehead atoms. The number of aromatic nitrogens is 7. The molecule has 4 aromatic heterocycles. The normalized spacial score (nSPS) is 11.0. The molecule has 1 amide bonds. The lowest BCUT2D eigenvalue weighted by Gasteiger charge is -2.07. The summed E-state index contributed by atoms with van der Waals surface area (Å²) in [5, 5.41) is 13.4. The second-order valence-corrected chi connectivity index (χ2v) is 6.77. The molecule has 0 saturated carbocycles. The zero-order valence-electron chi connectivity index (χ0n) is 16.2. The van der Waals surface area contributed by atoms with Crippen molar-refractivity contribution in [3.63, 3.8) is 0 Å². The first-order valence-corrected chi connectivity index (χ1v) is 9.34. The second kappa shape index (κ2) is 7.41. The first-order chi connectivity index (χ1) is 15.1. The first kappa shape index (κ1) is 18.6. The summed E-state index contributed by atoms with van der Waals surface area (Å²) in [6, 6.07) is 12.5. The number of fused-ring (bicyclic) bond motifs is 1. The van der Waals surface area contributed by atoms with Gasteiger partial charge in [-0.25, -0.2) is 23.9 Å². The number of H-pyrrole nitrogens is 1. The second-order valence-electron chi connectivity index (χ2n) is 6.77. The minimum Gasteiger partial charge on any atom is -0.318 e. The predicted octanol–water partition coefficient (Wildman–Crippen LogP) is 3.28. The van der Waals surface area contributed by atoms with E-state index in [1.54, 1.807) is 12.3 Å². The third-order valence-electron chi connectivity index (χ3n) is 4.61. The third-order valence-corrected chi connectivity index (χ3v) is 4.61. The molecule has 0 aliphatic carbocycles. The van der Waals surface area contributed by atoms with E-state index in [4.69, 9.17) is 0 Å². The van der Waals surface area contributed by atoms with Gasteiger partial charge in [0.05, 0.1) is 23.6 Å². The molecule has 2 N–H and O–H groups in total. The van der Waals surface area contributed by atoms with Crippen molar-refractivity contribution >= 4 is 17.2 Å². The van der Waals surface area contributed by atoms with E-state index in [2.05, 4.69) is 35.6 Å². The number of anilines is 1. The van der Waals surface area contributed by atoms with Gasteiger partial charge in [-0.2, -0.15) is 5.10 Å². The van der Waals surface area contributed by atoms with Gasteiger partial charge in [0.1, 0.15) is 5.69 Å². The van der Waals surface area contributed by atoms with Crippen LogP contribution in [0.2, 0.25) is 0 Å². The number of carbonyl (C=O) groups excluding carboxylic acids is 1. The SMILES string of the molecule is Cc1ccnc(-c2cn[nH]c2C(=O)Nc2cc3nc(-c4ccccc4)nn3cc2F)n1. The maximum atomic E-state index is 14.7. The van der Waals surface area contributed by atoms with Gasteiger partial charge < -0.3 is 5.32 Å². The first-order valence-electron chi connectivity index (χ1n) is 9.34. The number of rotatable bonds is 4. The van der Waals surface area contributed by atoms with Crippen LogP contribution >= 0.6 is 0 Å². The van der Waals surface area contributed by atoms with Crippen LogP contribution in [0.3, 0.4) is 0 Å². The molecule has 0 saturated heterocycles. The van der Waals surface area contributed by atoms with Gasteiger partial charge >= 0.3 is 0 Å². The highest BCUT2D eigenvalue weighted by Crippen LogP contribution is 2.23. The van der Waals surface area contributed by atoms with Crippen LogP contribution in [0.15, 0.2) is 61.1 Å². The average molecular weight is 414 g/mol. The highest BCUT2D eigenvalue weighted by molar-refractivity contribution is 6.06. The molecule has 0 radical (unpaired) electrons. The van der Waals surface area contributed by atoms with Crippen molar-refractivity contribution in [3.8, 4) is 22.8 Å². The molecule has 152 valence electrons. The molecule has 0 atom stereocenters. The summed E-state index contributed by atoms with van der Waals surface area (Å²) in [4.78, 5) is 25.7. The monoisotopic (exact) mass is 414 g/mol. The maximum absolute atomic E-state index is 14.7. The van der Waals surface area contributed by atoms with Gasteiger partial charge in [0.25, 0.3) is 5.91 Å². The molecule has 5 rings (SSSR count). The third kappa shape index (κ3) is 3.50. The van der Waals surface area contributed by atoms with Gasteiger partial charge in [-0.15, -0.1) is 5.10 Å². The van der Waals surface area contributed by atoms with Crippen LogP contribution in [0.5, 0.6) is 0 Å². The number of benzene rings is 1. The smallest absolute Gasteiger partial charge is 0.274 e. The Morgan fingerprint density at radius 3 is 2.77 bits per heavy atom. The predicted molar refractivity (Wildman–Crippen MR) is 111 cm³/mol. The number of hydrogen-bond acceptors (Lipinski definition) is 6. The number of halogens is 1. The molecule has 9 nitrogen and oxygen atoms in total. The van der Waals surface area contributed by atoms with Crippen LogP contribution in [-0.2, 0) is 0 Å². The van der Waals surface area contributed by atoms with E-state index >= 15 is 0 Å². The van der Waals surface area contributed by atoms with E-state index in [1.165, 1.54) is 23.0 Å². The van der Waals surface area contributed by atoms with Gasteiger partial charge in [0.15, 0.2) is 23.1 Å². The summed E-state index contributed by atoms with van der Waals surface area (Å²) in [6.45, 7) is 1.82. The molecule has 0 unspecified atom stereocenters. The minimum absolute atomic E-state index is 0.0322. The standard InChI is InChI=1S/C21H15FN8O/c1-12-7-8-23-20(25-12)14-10-24-28-18(14)21(31)26-16-9-17-27-19(13-5-3-2-4-6-13)29-30(17)11-15(16)22/h2-11H,1H3,(H,24,28)(H,26,31). The van der Waals surface area contributed by atoms with Gasteiger partial charge in [0.2, 0.25) is 0 Å². The molecule has 0 aliphatic rings. The summed E-state index contributed by atoms with van der Waals surface area (Å²) in [7, 11) is 0. The Labute approximate surface area is 175 Å². The number of aromatic amines is 1. The zero-order chi connectivity index (χ0) is 21.4. The Hall–Kier alpha value is -4.47. The van der Waals surface area contributed by atoms with E-state index in [-0.39, 0.29) is 11.4 Å². The number of amides is 1. The molecular weight excluding hydrogens is 399 g/mol. The number of aryl methyl sites for hydroxylation is 1. The summed E-state index contributed by atoms with van der Waals surface area (Å²) in [6.07, 6.45) is 4.21. The van der Waals surface area contributed by atoms with Crippen LogP contribution in [0.25, 0.3) is 28.4 Å². The number of pyridine rings is 1. The Morgan fingerprint density at radius 2 is 1.97 bits per heavy atom. The highest BCUT2D eigenvalue weighted by Gasteiger charge is 2.20. The highest BCUT2D eigenvalue weighted by atomic mass is 19.1. The summed E-state index contributed by atoms with van der Waals surface area (Å²) in [5.74, 6) is -0.433. The largest absolute Gasteiger partial charge is 0.318 e. The van der Waals surface area contributed by atoms with E-state index in [1.807, 2.05) is 37.3 Å². The molecule has 1 aromatic carbocycles. The summed E-state index contributed by atoms with van der Waals surface area (Å²) in [5.41, 5.74) is 2.44. The van der Waals surface area contributed by atoms with Crippen molar-refractivity contribution in [2.24, 2.45) is 0 Å². The fourth-order valence-electron chi connectivity index (χ4n) is 3.10. The van der Waals surface area contributed by atoms with Gasteiger partial charge in [-0.3, -0.25) is 9.89 Å². The lowest BCUT2D eigenvalue weighted by molar-refractivity contribution is 0.102. The van der Waals surface area contributed by atoms with Gasteiger partial charge in [-0.1, -0.05) is 30.3 Å². The molecule has 10 heteroatoms. The molecule has 0 aliphatic heterocycles. The zero-order valence-corrected chi connectivity index (χ0v) is 16.2. The van der Waals surface area contributed by atoms with Crippen molar-refractivity contribution in [1.82, 2.24) is 34.8 Å². The molecule has 31 heavy (non-hydrogen) atoms. The van der Waals surface area contributed by atoms with Crippen LogP contribution in [0, 0.1) is 12.7 Å². The van der Waals surface area contributed by atoms with Crippen molar-refractivity contribution in [3.05, 3.63) is 78.3 Å². The van der Waals surface area contributed by atoms with E-state index in [0.29, 0.717) is 22.9 Å². The summed E-state index contributed by atoms with van der Waals surface area (Å²) >= 11 is 0. The van der Waals surface area contributed by atoms with E-state index in [0.717, 1.165) is 11.3 Å². The molecule has 0 spiro atoms. The molecule has 0 fully saturated rings. The van der Waals surface area contributed by atoms with Crippen LogP contribution in [-0.4, -0.2) is 40.7 Å². The summed E-state index contributed by atoms with van der Waals surface area (Å²) < 4.78 is 16.0. The lowest BCUT2D eigenvalue weighted by atomic mass is 10.2. The Balaban J connectivity index is 1.46. The van der Waals surface area contributed by atoms with Crippen molar-refractivity contribution in [2.75, 3.05) is 5.32 Å². The average Bonchev–Trinajstić information content (AvgIpc) is 3.42. The quantitative estimate of drug-likeness (QED) is 0.467. The minimum atomic E-state index is -0.654. The fraction of sp³-hybridized carbons (Fsp3) is 0.0476. The van der Waals surface area contributed by atoms with Crippen molar-refractivity contribution in [2.45, 2.75) is 6.92 Å².